The zero-order chi connectivity index (χ0) is 13.7. The van der Waals surface area contributed by atoms with Crippen LogP contribution in [0.5, 0.6) is 11.5 Å². The first kappa shape index (κ1) is 13.2. The molecule has 0 aliphatic heterocycles. The third-order valence-corrected chi connectivity index (χ3v) is 2.59. The van der Waals surface area contributed by atoms with Crippen molar-refractivity contribution in [2.75, 3.05) is 18.9 Å². The van der Waals surface area contributed by atoms with E-state index in [1.807, 2.05) is 25.1 Å². The van der Waals surface area contributed by atoms with Gasteiger partial charge >= 0.3 is 0 Å². The Labute approximate surface area is 111 Å². The molecule has 0 unspecified atom stereocenters. The number of hydrogen-bond acceptors (Lipinski definition) is 3. The minimum atomic E-state index is -0.281. The zero-order valence-electron chi connectivity index (χ0n) is 10.7. The predicted molar refractivity (Wildman–Crippen MR) is 73.0 cm³/mol. The Kier molecular flexibility index (Phi) is 4.23. The fraction of sp³-hybridized carbons (Fsp3) is 0.200. The van der Waals surface area contributed by atoms with Gasteiger partial charge in [0.25, 0.3) is 0 Å². The molecule has 0 radical (unpaired) electrons. The van der Waals surface area contributed by atoms with E-state index < -0.39 is 0 Å². The van der Waals surface area contributed by atoms with E-state index in [9.17, 15) is 4.39 Å². The summed E-state index contributed by atoms with van der Waals surface area (Å²) >= 11 is 0. The summed E-state index contributed by atoms with van der Waals surface area (Å²) in [6.07, 6.45) is 0. The molecular formula is C15H16FNO2. The van der Waals surface area contributed by atoms with Crippen LogP contribution in [-0.4, -0.2) is 13.2 Å². The van der Waals surface area contributed by atoms with Crippen molar-refractivity contribution < 1.29 is 13.9 Å². The first-order chi connectivity index (χ1) is 9.15. The van der Waals surface area contributed by atoms with Gasteiger partial charge in [0.2, 0.25) is 0 Å². The summed E-state index contributed by atoms with van der Waals surface area (Å²) in [7, 11) is 0. The molecule has 0 saturated carbocycles. The molecule has 0 aromatic heterocycles. The van der Waals surface area contributed by atoms with Crippen LogP contribution in [-0.2, 0) is 0 Å². The highest BCUT2D eigenvalue weighted by Gasteiger charge is 2.01. The Morgan fingerprint density at radius 3 is 2.42 bits per heavy atom. The molecular weight excluding hydrogens is 245 g/mol. The van der Waals surface area contributed by atoms with Crippen LogP contribution in [0.4, 0.5) is 10.1 Å². The molecule has 4 heteroatoms. The SMILES string of the molecule is Cc1ccc(N)c(OCCOc2ccc(F)cc2)c1. The molecule has 2 aromatic carbocycles. The van der Waals surface area contributed by atoms with Crippen LogP contribution >= 0.6 is 0 Å². The molecule has 0 spiro atoms. The van der Waals surface area contributed by atoms with Gasteiger partial charge in [-0.05, 0) is 48.9 Å². The van der Waals surface area contributed by atoms with Gasteiger partial charge in [0, 0.05) is 0 Å². The lowest BCUT2D eigenvalue weighted by molar-refractivity contribution is 0.217. The number of hydrogen-bond donors (Lipinski definition) is 1. The first-order valence-electron chi connectivity index (χ1n) is 6.02. The van der Waals surface area contributed by atoms with E-state index in [-0.39, 0.29) is 5.82 Å². The lowest BCUT2D eigenvalue weighted by Gasteiger charge is -2.10. The van der Waals surface area contributed by atoms with Gasteiger partial charge in [0.15, 0.2) is 0 Å². The molecule has 0 bridgehead atoms. The van der Waals surface area contributed by atoms with E-state index in [0.717, 1.165) is 5.56 Å². The van der Waals surface area contributed by atoms with E-state index in [4.69, 9.17) is 15.2 Å². The third-order valence-electron chi connectivity index (χ3n) is 2.59. The Bertz CT molecular complexity index is 540. The fourth-order valence-corrected chi connectivity index (χ4v) is 1.61. The highest BCUT2D eigenvalue weighted by Crippen LogP contribution is 2.22. The normalized spacial score (nSPS) is 10.2. The largest absolute Gasteiger partial charge is 0.490 e. The smallest absolute Gasteiger partial charge is 0.142 e. The fourth-order valence-electron chi connectivity index (χ4n) is 1.61. The molecule has 2 aromatic rings. The molecule has 0 atom stereocenters. The summed E-state index contributed by atoms with van der Waals surface area (Å²) in [6.45, 7) is 2.73. The van der Waals surface area contributed by atoms with E-state index >= 15 is 0 Å². The van der Waals surface area contributed by atoms with Gasteiger partial charge in [-0.25, -0.2) is 4.39 Å². The second-order valence-corrected chi connectivity index (χ2v) is 4.19. The molecule has 0 heterocycles. The first-order valence-corrected chi connectivity index (χ1v) is 6.02. The number of nitrogens with two attached hydrogens (primary N) is 1. The van der Waals surface area contributed by atoms with E-state index in [1.54, 1.807) is 12.1 Å². The van der Waals surface area contributed by atoms with Crippen molar-refractivity contribution in [1.82, 2.24) is 0 Å². The average Bonchev–Trinajstić information content (AvgIpc) is 2.40. The molecule has 100 valence electrons. The maximum atomic E-state index is 12.7. The van der Waals surface area contributed by atoms with Crippen molar-refractivity contribution in [1.29, 1.82) is 0 Å². The zero-order valence-corrected chi connectivity index (χ0v) is 10.7. The van der Waals surface area contributed by atoms with E-state index in [2.05, 4.69) is 0 Å². The van der Waals surface area contributed by atoms with Crippen LogP contribution in [0.3, 0.4) is 0 Å². The lowest BCUT2D eigenvalue weighted by Crippen LogP contribution is -2.10. The second kappa shape index (κ2) is 6.09. The molecule has 0 amide bonds. The van der Waals surface area contributed by atoms with Crippen molar-refractivity contribution in [3.63, 3.8) is 0 Å². The standard InChI is InChI=1S/C15H16FNO2/c1-11-2-7-14(17)15(10-11)19-9-8-18-13-5-3-12(16)4-6-13/h2-7,10H,8-9,17H2,1H3. The minimum absolute atomic E-state index is 0.281. The van der Waals surface area contributed by atoms with Gasteiger partial charge in [-0.15, -0.1) is 0 Å². The van der Waals surface area contributed by atoms with E-state index in [0.29, 0.717) is 30.4 Å². The molecule has 2 rings (SSSR count). The Balaban J connectivity index is 1.80. The number of aryl methyl sites for hydroxylation is 1. The van der Waals surface area contributed by atoms with Crippen molar-refractivity contribution in [3.05, 3.63) is 53.8 Å². The van der Waals surface area contributed by atoms with Crippen molar-refractivity contribution in [2.45, 2.75) is 6.92 Å². The van der Waals surface area contributed by atoms with Crippen LogP contribution in [0, 0.1) is 12.7 Å². The molecule has 0 aliphatic carbocycles. The van der Waals surface area contributed by atoms with Crippen LogP contribution in [0.15, 0.2) is 42.5 Å². The van der Waals surface area contributed by atoms with Gasteiger partial charge < -0.3 is 15.2 Å². The number of ether oxygens (including phenoxy) is 2. The van der Waals surface area contributed by atoms with E-state index in [1.165, 1.54) is 12.1 Å². The number of rotatable bonds is 5. The number of anilines is 1. The Morgan fingerprint density at radius 1 is 1.00 bits per heavy atom. The molecule has 0 fully saturated rings. The maximum Gasteiger partial charge on any atom is 0.142 e. The van der Waals surface area contributed by atoms with Gasteiger partial charge in [-0.3, -0.25) is 0 Å². The van der Waals surface area contributed by atoms with Crippen molar-refractivity contribution >= 4 is 5.69 Å². The molecule has 0 saturated heterocycles. The van der Waals surface area contributed by atoms with Crippen LogP contribution in [0.25, 0.3) is 0 Å². The minimum Gasteiger partial charge on any atom is -0.490 e. The number of nitrogen functional groups attached to an aromatic ring is 1. The summed E-state index contributed by atoms with van der Waals surface area (Å²) in [6, 6.07) is 11.5. The third kappa shape index (κ3) is 3.88. The van der Waals surface area contributed by atoms with Crippen LogP contribution < -0.4 is 15.2 Å². The topological polar surface area (TPSA) is 44.5 Å². The summed E-state index contributed by atoms with van der Waals surface area (Å²) < 4.78 is 23.6. The predicted octanol–water partition coefficient (Wildman–Crippen LogP) is 3.17. The Hall–Kier alpha value is -2.23. The highest BCUT2D eigenvalue weighted by atomic mass is 19.1. The summed E-state index contributed by atoms with van der Waals surface area (Å²) in [4.78, 5) is 0. The van der Waals surface area contributed by atoms with Crippen molar-refractivity contribution in [3.8, 4) is 11.5 Å². The van der Waals surface area contributed by atoms with Gasteiger partial charge in [0.1, 0.15) is 30.5 Å². The molecule has 0 aliphatic rings. The molecule has 2 N–H and O–H groups in total. The molecule has 3 nitrogen and oxygen atoms in total. The average molecular weight is 261 g/mol. The molecule has 19 heavy (non-hydrogen) atoms. The summed E-state index contributed by atoms with van der Waals surface area (Å²) in [5, 5.41) is 0. The maximum absolute atomic E-state index is 12.7. The van der Waals surface area contributed by atoms with Gasteiger partial charge in [0.05, 0.1) is 5.69 Å². The number of halogens is 1. The van der Waals surface area contributed by atoms with Crippen LogP contribution in [0.2, 0.25) is 0 Å². The second-order valence-electron chi connectivity index (χ2n) is 4.19. The highest BCUT2D eigenvalue weighted by molar-refractivity contribution is 5.53. The summed E-state index contributed by atoms with van der Waals surface area (Å²) in [5.74, 6) is 0.987. The van der Waals surface area contributed by atoms with Gasteiger partial charge in [-0.2, -0.15) is 0 Å². The van der Waals surface area contributed by atoms with Crippen LogP contribution in [0.1, 0.15) is 5.56 Å². The van der Waals surface area contributed by atoms with Crippen molar-refractivity contribution in [2.24, 2.45) is 0 Å². The van der Waals surface area contributed by atoms with Gasteiger partial charge in [-0.1, -0.05) is 6.07 Å². The summed E-state index contributed by atoms with van der Waals surface area (Å²) in [5.41, 5.74) is 7.48. The quantitative estimate of drug-likeness (QED) is 0.664. The lowest BCUT2D eigenvalue weighted by atomic mass is 10.2. The Morgan fingerprint density at radius 2 is 1.68 bits per heavy atom. The monoisotopic (exact) mass is 261 g/mol. The number of benzene rings is 2.